The number of nitrogens with one attached hydrogen (secondary N) is 1. The normalized spacial score (nSPS) is 16.9. The van der Waals surface area contributed by atoms with E-state index in [1.807, 2.05) is 0 Å². The maximum absolute atomic E-state index is 13.2. The Morgan fingerprint density at radius 1 is 1.30 bits per heavy atom. The number of carboxylic acids is 1. The Hall–Kier alpha value is -2.68. The lowest BCUT2D eigenvalue weighted by atomic mass is 9.91. The third-order valence-corrected chi connectivity index (χ3v) is 4.39. The predicted octanol–water partition coefficient (Wildman–Crippen LogP) is 2.11. The lowest BCUT2D eigenvalue weighted by Crippen LogP contribution is -2.36. The van der Waals surface area contributed by atoms with E-state index in [4.69, 9.17) is 5.11 Å². The lowest BCUT2D eigenvalue weighted by Gasteiger charge is -2.19. The molecule has 1 aliphatic heterocycles. The number of benzene rings is 1. The molecule has 0 radical (unpaired) electrons. The number of aromatic nitrogens is 1. The summed E-state index contributed by atoms with van der Waals surface area (Å²) in [6.07, 6.45) is -0.123. The Labute approximate surface area is 131 Å². The van der Waals surface area contributed by atoms with Crippen molar-refractivity contribution in [1.29, 1.82) is 0 Å². The first-order chi connectivity index (χ1) is 10.9. The van der Waals surface area contributed by atoms with Crippen molar-refractivity contribution in [2.45, 2.75) is 6.42 Å². The SMILES string of the molecule is O=C(O)c1nc2c(s1)C(=O)C(Cc1ccc(F)c(F)c1)C(=O)N2. The van der Waals surface area contributed by atoms with Crippen LogP contribution in [0.3, 0.4) is 0 Å². The Balaban J connectivity index is 1.91. The summed E-state index contributed by atoms with van der Waals surface area (Å²) in [5.41, 5.74) is 0.281. The van der Waals surface area contributed by atoms with Gasteiger partial charge in [-0.15, -0.1) is 11.3 Å². The number of fused-ring (bicyclic) bond motifs is 1. The molecule has 2 N–H and O–H groups in total. The highest BCUT2D eigenvalue weighted by Gasteiger charge is 2.37. The number of ketones is 1. The molecule has 9 heteroatoms. The van der Waals surface area contributed by atoms with Crippen LogP contribution in [0.25, 0.3) is 0 Å². The van der Waals surface area contributed by atoms with Gasteiger partial charge in [-0.2, -0.15) is 0 Å². The summed E-state index contributed by atoms with van der Waals surface area (Å²) >= 11 is 0.664. The highest BCUT2D eigenvalue weighted by molar-refractivity contribution is 7.16. The molecule has 118 valence electrons. The zero-order chi connectivity index (χ0) is 16.7. The molecule has 2 aromatic rings. The van der Waals surface area contributed by atoms with E-state index < -0.39 is 35.2 Å². The fourth-order valence-electron chi connectivity index (χ4n) is 2.23. The molecular weight excluding hydrogens is 330 g/mol. The maximum Gasteiger partial charge on any atom is 0.365 e. The Kier molecular flexibility index (Phi) is 3.64. The van der Waals surface area contributed by atoms with E-state index in [9.17, 15) is 23.2 Å². The van der Waals surface area contributed by atoms with Gasteiger partial charge in [-0.1, -0.05) is 6.07 Å². The van der Waals surface area contributed by atoms with Crippen molar-refractivity contribution < 1.29 is 28.3 Å². The van der Waals surface area contributed by atoms with Crippen molar-refractivity contribution in [3.05, 3.63) is 45.3 Å². The number of Topliss-reactive ketones (excluding diaryl/α,β-unsaturated/α-hetero) is 1. The summed E-state index contributed by atoms with van der Waals surface area (Å²) in [5, 5.41) is 11.0. The highest BCUT2D eigenvalue weighted by Crippen LogP contribution is 2.32. The number of thiazole rings is 1. The molecule has 0 saturated heterocycles. The van der Waals surface area contributed by atoms with Crippen molar-refractivity contribution >= 4 is 34.8 Å². The van der Waals surface area contributed by atoms with Crippen LogP contribution in [0.5, 0.6) is 0 Å². The molecule has 1 aliphatic rings. The average molecular weight is 338 g/mol. The van der Waals surface area contributed by atoms with Crippen LogP contribution in [0.1, 0.15) is 25.0 Å². The fourth-order valence-corrected chi connectivity index (χ4v) is 3.09. The average Bonchev–Trinajstić information content (AvgIpc) is 2.91. The molecule has 2 heterocycles. The molecule has 1 aromatic carbocycles. The second kappa shape index (κ2) is 5.51. The first-order valence-electron chi connectivity index (χ1n) is 6.40. The second-order valence-corrected chi connectivity index (χ2v) is 5.86. The molecule has 3 rings (SSSR count). The van der Waals surface area contributed by atoms with Gasteiger partial charge in [-0.05, 0) is 24.1 Å². The molecule has 1 amide bonds. The topological polar surface area (TPSA) is 96.4 Å². The fraction of sp³-hybridized carbons (Fsp3) is 0.143. The van der Waals surface area contributed by atoms with Crippen molar-refractivity contribution in [3.8, 4) is 0 Å². The Morgan fingerprint density at radius 2 is 2.04 bits per heavy atom. The Bertz CT molecular complexity index is 849. The van der Waals surface area contributed by atoms with Gasteiger partial charge in [-0.25, -0.2) is 18.6 Å². The summed E-state index contributed by atoms with van der Waals surface area (Å²) < 4.78 is 26.1. The number of rotatable bonds is 3. The van der Waals surface area contributed by atoms with Crippen molar-refractivity contribution in [1.82, 2.24) is 4.98 Å². The van der Waals surface area contributed by atoms with E-state index in [1.54, 1.807) is 0 Å². The number of anilines is 1. The number of carboxylic acid groups (broad SMARTS) is 1. The van der Waals surface area contributed by atoms with Crippen molar-refractivity contribution in [2.75, 3.05) is 5.32 Å². The molecule has 6 nitrogen and oxygen atoms in total. The molecule has 0 saturated carbocycles. The van der Waals surface area contributed by atoms with Crippen LogP contribution < -0.4 is 5.32 Å². The molecule has 0 bridgehead atoms. The number of amides is 1. The predicted molar refractivity (Wildman–Crippen MR) is 75.6 cm³/mol. The third kappa shape index (κ3) is 2.70. The van der Waals surface area contributed by atoms with E-state index in [-0.39, 0.29) is 27.7 Å². The molecule has 0 spiro atoms. The monoisotopic (exact) mass is 338 g/mol. The van der Waals surface area contributed by atoms with Gasteiger partial charge < -0.3 is 10.4 Å². The van der Waals surface area contributed by atoms with Crippen LogP contribution in [-0.4, -0.2) is 27.8 Å². The van der Waals surface area contributed by atoms with E-state index >= 15 is 0 Å². The van der Waals surface area contributed by atoms with Gasteiger partial charge in [0, 0.05) is 0 Å². The molecule has 23 heavy (non-hydrogen) atoms. The number of carbonyl (C=O) groups is 3. The molecule has 0 aliphatic carbocycles. The van der Waals surface area contributed by atoms with E-state index in [0.29, 0.717) is 11.3 Å². The molecule has 0 fully saturated rings. The van der Waals surface area contributed by atoms with E-state index in [2.05, 4.69) is 10.3 Å². The first-order valence-corrected chi connectivity index (χ1v) is 7.21. The minimum atomic E-state index is -1.30. The summed E-state index contributed by atoms with van der Waals surface area (Å²) in [6.45, 7) is 0. The smallest absolute Gasteiger partial charge is 0.365 e. The van der Waals surface area contributed by atoms with Gasteiger partial charge in [0.15, 0.2) is 23.2 Å². The zero-order valence-corrected chi connectivity index (χ0v) is 12.1. The van der Waals surface area contributed by atoms with Gasteiger partial charge in [-0.3, -0.25) is 9.59 Å². The number of nitrogens with zero attached hydrogens (tertiary/aromatic N) is 1. The molecule has 1 atom stereocenters. The van der Waals surface area contributed by atoms with Crippen LogP contribution >= 0.6 is 11.3 Å². The van der Waals surface area contributed by atoms with Gasteiger partial charge in [0.1, 0.15) is 10.8 Å². The zero-order valence-electron chi connectivity index (χ0n) is 11.3. The highest BCUT2D eigenvalue weighted by atomic mass is 32.1. The number of halogens is 2. The van der Waals surface area contributed by atoms with Crippen molar-refractivity contribution in [2.24, 2.45) is 5.92 Å². The molecule has 1 unspecified atom stereocenters. The quantitative estimate of drug-likeness (QED) is 0.836. The summed E-state index contributed by atoms with van der Waals surface area (Å²) in [4.78, 5) is 39.0. The maximum atomic E-state index is 13.2. The lowest BCUT2D eigenvalue weighted by molar-refractivity contribution is -0.118. The largest absolute Gasteiger partial charge is 0.476 e. The first kappa shape index (κ1) is 15.2. The van der Waals surface area contributed by atoms with Gasteiger partial charge >= 0.3 is 5.97 Å². The summed E-state index contributed by atoms with van der Waals surface area (Å²) in [7, 11) is 0. The Morgan fingerprint density at radius 3 is 2.70 bits per heavy atom. The minimum Gasteiger partial charge on any atom is -0.476 e. The number of aromatic carboxylic acids is 1. The van der Waals surface area contributed by atoms with Crippen LogP contribution in [0.4, 0.5) is 14.6 Å². The van der Waals surface area contributed by atoms with Crippen LogP contribution in [-0.2, 0) is 11.2 Å². The summed E-state index contributed by atoms with van der Waals surface area (Å²) in [5.74, 6) is -5.86. The second-order valence-electron chi connectivity index (χ2n) is 4.86. The minimum absolute atomic E-state index is 0.0367. The standard InChI is InChI=1S/C14H8F2N2O4S/c15-7-2-1-5(4-8(7)16)3-6-9(19)10-11(17-12(6)20)18-13(23-10)14(21)22/h1-2,4,6H,3H2,(H,17,20)(H,21,22). The van der Waals surface area contributed by atoms with Crippen molar-refractivity contribution in [3.63, 3.8) is 0 Å². The van der Waals surface area contributed by atoms with Crippen LogP contribution in [0.2, 0.25) is 0 Å². The third-order valence-electron chi connectivity index (χ3n) is 3.33. The van der Waals surface area contributed by atoms with E-state index in [1.165, 1.54) is 6.07 Å². The molecular formula is C14H8F2N2O4S. The summed E-state index contributed by atoms with van der Waals surface area (Å²) in [6, 6.07) is 3.11. The van der Waals surface area contributed by atoms with Gasteiger partial charge in [0.25, 0.3) is 0 Å². The number of hydrogen-bond acceptors (Lipinski definition) is 5. The van der Waals surface area contributed by atoms with Gasteiger partial charge in [0.05, 0.1) is 0 Å². The number of hydrogen-bond donors (Lipinski definition) is 2. The van der Waals surface area contributed by atoms with E-state index in [0.717, 1.165) is 12.1 Å². The van der Waals surface area contributed by atoms with Crippen LogP contribution in [0, 0.1) is 17.6 Å². The number of carbonyl (C=O) groups excluding carboxylic acids is 2. The molecule has 1 aromatic heterocycles. The van der Waals surface area contributed by atoms with Crippen LogP contribution in [0.15, 0.2) is 18.2 Å². The van der Waals surface area contributed by atoms with Gasteiger partial charge in [0.2, 0.25) is 10.9 Å².